The van der Waals surface area contributed by atoms with Gasteiger partial charge in [0.05, 0.1) is 19.3 Å². The molecule has 1 aliphatic carbocycles. The van der Waals surface area contributed by atoms with Gasteiger partial charge in [0.1, 0.15) is 0 Å². The lowest BCUT2D eigenvalue weighted by Crippen LogP contribution is -2.29. The maximum absolute atomic E-state index is 5.79. The maximum Gasteiger partial charge on any atom is 0.0780 e. The van der Waals surface area contributed by atoms with Crippen molar-refractivity contribution < 1.29 is 9.47 Å². The van der Waals surface area contributed by atoms with Crippen LogP contribution in [0.4, 0.5) is 0 Å². The molecule has 0 aromatic heterocycles. The lowest BCUT2D eigenvalue weighted by molar-refractivity contribution is -0.0264. The van der Waals surface area contributed by atoms with Crippen LogP contribution in [0.1, 0.15) is 32.6 Å². The Kier molecular flexibility index (Phi) is 5.28. The quantitative estimate of drug-likeness (QED) is 0.691. The van der Waals surface area contributed by atoms with Gasteiger partial charge in [-0.1, -0.05) is 12.8 Å². The summed E-state index contributed by atoms with van der Waals surface area (Å²) in [5.41, 5.74) is 0.352. The van der Waals surface area contributed by atoms with Gasteiger partial charge >= 0.3 is 0 Å². The van der Waals surface area contributed by atoms with Gasteiger partial charge in [-0.3, -0.25) is 0 Å². The molecule has 0 radical (unpaired) electrons. The molecule has 0 bridgehead atoms. The van der Waals surface area contributed by atoms with Crippen LogP contribution in [0.25, 0.3) is 0 Å². The van der Waals surface area contributed by atoms with Crippen LogP contribution in [0.5, 0.6) is 0 Å². The topological polar surface area (TPSA) is 18.5 Å². The fraction of sp³-hybridized carbons (Fsp3) is 1.00. The maximum atomic E-state index is 5.79. The minimum atomic E-state index is 0.206. The van der Waals surface area contributed by atoms with Crippen molar-refractivity contribution in [1.82, 2.24) is 0 Å². The van der Waals surface area contributed by atoms with Gasteiger partial charge in [-0.25, -0.2) is 0 Å². The third kappa shape index (κ3) is 3.44. The third-order valence-corrected chi connectivity index (χ3v) is 3.75. The average molecular weight is 218 g/mol. The molecule has 1 aliphatic rings. The summed E-state index contributed by atoms with van der Waals surface area (Å²) < 4.78 is 10.8. The molecule has 0 heterocycles. The van der Waals surface area contributed by atoms with Crippen LogP contribution in [0, 0.1) is 5.41 Å². The van der Waals surface area contributed by atoms with E-state index >= 15 is 0 Å². The van der Waals surface area contributed by atoms with Gasteiger partial charge in [-0.05, 0) is 25.5 Å². The summed E-state index contributed by atoms with van der Waals surface area (Å²) in [4.78, 5) is 0. The van der Waals surface area contributed by atoms with Gasteiger partial charge in [-0.2, -0.15) is 12.6 Å². The Morgan fingerprint density at radius 3 is 2.50 bits per heavy atom. The van der Waals surface area contributed by atoms with Crippen molar-refractivity contribution in [2.24, 2.45) is 5.41 Å². The highest BCUT2D eigenvalue weighted by atomic mass is 32.1. The molecular weight excluding hydrogens is 196 g/mol. The van der Waals surface area contributed by atoms with E-state index in [9.17, 15) is 0 Å². The summed E-state index contributed by atoms with van der Waals surface area (Å²) in [5.74, 6) is 0.951. The first-order chi connectivity index (χ1) is 6.72. The van der Waals surface area contributed by atoms with Crippen LogP contribution in [0.15, 0.2) is 0 Å². The van der Waals surface area contributed by atoms with Crippen molar-refractivity contribution >= 4 is 12.6 Å². The largest absolute Gasteiger partial charge is 0.382 e. The standard InChI is InChI=1S/C11H22O2S/c1-10(7-12-2)13-8-11(9-14)5-3-4-6-11/h10,14H,3-9H2,1-2H3. The highest BCUT2D eigenvalue weighted by Crippen LogP contribution is 2.39. The van der Waals surface area contributed by atoms with E-state index in [4.69, 9.17) is 9.47 Å². The molecule has 0 aromatic carbocycles. The summed E-state index contributed by atoms with van der Waals surface area (Å²) >= 11 is 4.44. The highest BCUT2D eigenvalue weighted by molar-refractivity contribution is 7.80. The van der Waals surface area contributed by atoms with Gasteiger partial charge < -0.3 is 9.47 Å². The molecule has 14 heavy (non-hydrogen) atoms. The first kappa shape index (κ1) is 12.3. The van der Waals surface area contributed by atoms with E-state index in [-0.39, 0.29) is 6.10 Å². The number of thiol groups is 1. The van der Waals surface area contributed by atoms with E-state index in [1.54, 1.807) is 7.11 Å². The second-order valence-corrected chi connectivity index (χ2v) is 4.76. The molecule has 1 fully saturated rings. The fourth-order valence-corrected chi connectivity index (χ4v) is 2.48. The molecule has 0 N–H and O–H groups in total. The molecule has 1 atom stereocenters. The number of rotatable bonds is 6. The summed E-state index contributed by atoms with van der Waals surface area (Å²) in [6, 6.07) is 0. The molecule has 0 aromatic rings. The summed E-state index contributed by atoms with van der Waals surface area (Å²) in [6.45, 7) is 3.59. The molecule has 1 unspecified atom stereocenters. The first-order valence-corrected chi connectivity index (χ1v) is 6.07. The Morgan fingerprint density at radius 2 is 2.00 bits per heavy atom. The Labute approximate surface area is 92.8 Å². The number of methoxy groups -OCH3 is 1. The smallest absolute Gasteiger partial charge is 0.0780 e. The predicted molar refractivity (Wildman–Crippen MR) is 62.0 cm³/mol. The SMILES string of the molecule is COCC(C)OCC1(CS)CCCC1. The Morgan fingerprint density at radius 1 is 1.36 bits per heavy atom. The summed E-state index contributed by atoms with van der Waals surface area (Å²) in [7, 11) is 1.71. The van der Waals surface area contributed by atoms with Crippen molar-refractivity contribution in [3.8, 4) is 0 Å². The molecule has 3 heteroatoms. The minimum absolute atomic E-state index is 0.206. The van der Waals surface area contributed by atoms with E-state index in [2.05, 4.69) is 19.6 Å². The van der Waals surface area contributed by atoms with Crippen LogP contribution < -0.4 is 0 Å². The molecule has 0 amide bonds. The zero-order valence-corrected chi connectivity index (χ0v) is 10.2. The second kappa shape index (κ2) is 5.99. The molecule has 0 spiro atoms. The van der Waals surface area contributed by atoms with E-state index in [1.165, 1.54) is 25.7 Å². The van der Waals surface area contributed by atoms with Gasteiger partial charge in [0, 0.05) is 12.5 Å². The highest BCUT2D eigenvalue weighted by Gasteiger charge is 2.33. The lowest BCUT2D eigenvalue weighted by atomic mass is 9.90. The zero-order valence-electron chi connectivity index (χ0n) is 9.29. The van der Waals surface area contributed by atoms with Crippen LogP contribution in [0.3, 0.4) is 0 Å². The van der Waals surface area contributed by atoms with Crippen molar-refractivity contribution in [2.75, 3.05) is 26.1 Å². The number of hydrogen-bond acceptors (Lipinski definition) is 3. The van der Waals surface area contributed by atoms with E-state index in [1.807, 2.05) is 0 Å². The van der Waals surface area contributed by atoms with Crippen molar-refractivity contribution in [2.45, 2.75) is 38.7 Å². The van der Waals surface area contributed by atoms with Crippen molar-refractivity contribution in [3.05, 3.63) is 0 Å². The molecule has 0 aliphatic heterocycles. The summed E-state index contributed by atoms with van der Waals surface area (Å²) in [5, 5.41) is 0. The Hall–Kier alpha value is 0.270. The van der Waals surface area contributed by atoms with Crippen LogP contribution >= 0.6 is 12.6 Å². The average Bonchev–Trinajstić information content (AvgIpc) is 2.65. The molecule has 84 valence electrons. The Bertz CT molecular complexity index is 155. The fourth-order valence-electron chi connectivity index (χ4n) is 2.07. The van der Waals surface area contributed by atoms with E-state index in [0.717, 1.165) is 12.4 Å². The number of hydrogen-bond donors (Lipinski definition) is 1. The second-order valence-electron chi connectivity index (χ2n) is 4.44. The van der Waals surface area contributed by atoms with Gasteiger partial charge in [0.2, 0.25) is 0 Å². The summed E-state index contributed by atoms with van der Waals surface area (Å²) in [6.07, 6.45) is 5.43. The van der Waals surface area contributed by atoms with Crippen LogP contribution in [-0.2, 0) is 9.47 Å². The monoisotopic (exact) mass is 218 g/mol. The van der Waals surface area contributed by atoms with E-state index < -0.39 is 0 Å². The van der Waals surface area contributed by atoms with E-state index in [0.29, 0.717) is 12.0 Å². The lowest BCUT2D eigenvalue weighted by Gasteiger charge is -2.28. The number of ether oxygens (including phenoxy) is 2. The van der Waals surface area contributed by atoms with Crippen molar-refractivity contribution in [1.29, 1.82) is 0 Å². The molecular formula is C11H22O2S. The zero-order chi connectivity index (χ0) is 10.4. The molecule has 0 saturated heterocycles. The first-order valence-electron chi connectivity index (χ1n) is 5.44. The van der Waals surface area contributed by atoms with Crippen LogP contribution in [-0.4, -0.2) is 32.2 Å². The molecule has 1 rings (SSSR count). The van der Waals surface area contributed by atoms with Gasteiger partial charge in [0.25, 0.3) is 0 Å². The molecule has 1 saturated carbocycles. The van der Waals surface area contributed by atoms with Gasteiger partial charge in [0.15, 0.2) is 0 Å². The Balaban J connectivity index is 2.27. The normalized spacial score (nSPS) is 22.5. The predicted octanol–water partition coefficient (Wildman–Crippen LogP) is 2.53. The molecule has 2 nitrogen and oxygen atoms in total. The van der Waals surface area contributed by atoms with Crippen molar-refractivity contribution in [3.63, 3.8) is 0 Å². The third-order valence-electron chi connectivity index (χ3n) is 3.08. The minimum Gasteiger partial charge on any atom is -0.382 e. The van der Waals surface area contributed by atoms with Crippen LogP contribution in [0.2, 0.25) is 0 Å². The van der Waals surface area contributed by atoms with Gasteiger partial charge in [-0.15, -0.1) is 0 Å².